The van der Waals surface area contributed by atoms with E-state index in [4.69, 9.17) is 0 Å². The summed E-state index contributed by atoms with van der Waals surface area (Å²) in [5.41, 5.74) is 1.49. The topological polar surface area (TPSA) is 87.3 Å². The Morgan fingerprint density at radius 2 is 1.38 bits per heavy atom. The third-order valence-electron chi connectivity index (χ3n) is 3.69. The predicted molar refractivity (Wildman–Crippen MR) is 101 cm³/mol. The molecule has 0 bridgehead atoms. The van der Waals surface area contributed by atoms with Crippen molar-refractivity contribution in [2.75, 3.05) is 5.32 Å². The minimum absolute atomic E-state index is 0.0405. The molecule has 0 fully saturated rings. The first kappa shape index (κ1) is 19.2. The maximum absolute atomic E-state index is 12.2. The van der Waals surface area contributed by atoms with Crippen LogP contribution in [0.1, 0.15) is 42.7 Å². The number of amides is 3. The lowest BCUT2D eigenvalue weighted by atomic mass is 10.1. The smallest absolute Gasteiger partial charge is 0.313 e. The summed E-state index contributed by atoms with van der Waals surface area (Å²) in [6, 6.07) is 15.6. The van der Waals surface area contributed by atoms with Gasteiger partial charge in [-0.15, -0.1) is 0 Å². The van der Waals surface area contributed by atoms with Gasteiger partial charge in [0.15, 0.2) is 0 Å². The summed E-state index contributed by atoms with van der Waals surface area (Å²) in [6.45, 7) is 5.49. The minimum atomic E-state index is -0.822. The Bertz CT molecular complexity index is 788. The molecule has 6 heteroatoms. The molecule has 26 heavy (non-hydrogen) atoms. The van der Waals surface area contributed by atoms with Gasteiger partial charge in [-0.25, -0.2) is 0 Å². The Kier molecular flexibility index (Phi) is 6.49. The van der Waals surface area contributed by atoms with Crippen molar-refractivity contribution >= 4 is 23.4 Å². The molecule has 0 aromatic heterocycles. The number of carbonyl (C=O) groups is 3. The third-order valence-corrected chi connectivity index (χ3v) is 3.69. The number of rotatable bonds is 5. The average molecular weight is 353 g/mol. The number of hydrogen-bond acceptors (Lipinski definition) is 3. The Balaban J connectivity index is 2.05. The average Bonchev–Trinajstić information content (AvgIpc) is 2.62. The molecule has 0 saturated heterocycles. The highest BCUT2D eigenvalue weighted by molar-refractivity contribution is 6.40. The zero-order valence-corrected chi connectivity index (χ0v) is 15.1. The standard InChI is InChI=1S/C20H23N3O3/c1-13(2)21-18(24)16-11-7-8-12-17(16)23-20(26)19(25)22-14(3)15-9-5-4-6-10-15/h4-14H,1-3H3,(H,21,24)(H,22,25)(H,23,26)/t14-/m1/s1. The van der Waals surface area contributed by atoms with E-state index in [0.29, 0.717) is 5.56 Å². The van der Waals surface area contributed by atoms with Crippen molar-refractivity contribution in [2.45, 2.75) is 32.9 Å². The molecule has 0 aliphatic carbocycles. The number of benzene rings is 2. The molecule has 3 amide bonds. The lowest BCUT2D eigenvalue weighted by Crippen LogP contribution is -2.37. The Morgan fingerprint density at radius 1 is 0.769 bits per heavy atom. The van der Waals surface area contributed by atoms with Crippen LogP contribution in [0.2, 0.25) is 0 Å². The van der Waals surface area contributed by atoms with E-state index >= 15 is 0 Å². The molecule has 2 aromatic carbocycles. The summed E-state index contributed by atoms with van der Waals surface area (Å²) in [5.74, 6) is -1.90. The molecule has 0 unspecified atom stereocenters. The lowest BCUT2D eigenvalue weighted by molar-refractivity contribution is -0.136. The summed E-state index contributed by atoms with van der Waals surface area (Å²) < 4.78 is 0. The zero-order valence-electron chi connectivity index (χ0n) is 15.1. The first-order valence-electron chi connectivity index (χ1n) is 8.45. The molecule has 6 nitrogen and oxygen atoms in total. The highest BCUT2D eigenvalue weighted by atomic mass is 16.2. The molecule has 2 aromatic rings. The number of carbonyl (C=O) groups excluding carboxylic acids is 3. The van der Waals surface area contributed by atoms with E-state index in [9.17, 15) is 14.4 Å². The fourth-order valence-corrected chi connectivity index (χ4v) is 2.40. The van der Waals surface area contributed by atoms with Gasteiger partial charge in [-0.05, 0) is 38.5 Å². The van der Waals surface area contributed by atoms with Gasteiger partial charge in [0, 0.05) is 6.04 Å². The van der Waals surface area contributed by atoms with Crippen LogP contribution in [0.3, 0.4) is 0 Å². The van der Waals surface area contributed by atoms with Crippen LogP contribution in [0, 0.1) is 0 Å². The second-order valence-corrected chi connectivity index (χ2v) is 6.23. The highest BCUT2D eigenvalue weighted by Gasteiger charge is 2.20. The maximum atomic E-state index is 12.2. The molecule has 0 heterocycles. The molecule has 136 valence electrons. The quantitative estimate of drug-likeness (QED) is 0.722. The highest BCUT2D eigenvalue weighted by Crippen LogP contribution is 2.16. The van der Waals surface area contributed by atoms with E-state index in [2.05, 4.69) is 16.0 Å². The fraction of sp³-hybridized carbons (Fsp3) is 0.250. The predicted octanol–water partition coefficient (Wildman–Crippen LogP) is 2.64. The summed E-state index contributed by atoms with van der Waals surface area (Å²) in [7, 11) is 0. The molecule has 0 aliphatic rings. The van der Waals surface area contributed by atoms with Crippen LogP contribution >= 0.6 is 0 Å². The molecule has 0 saturated carbocycles. The van der Waals surface area contributed by atoms with Crippen molar-refractivity contribution in [3.05, 3.63) is 65.7 Å². The monoisotopic (exact) mass is 353 g/mol. The Hall–Kier alpha value is -3.15. The maximum Gasteiger partial charge on any atom is 0.313 e. The van der Waals surface area contributed by atoms with Crippen LogP contribution in [-0.4, -0.2) is 23.8 Å². The van der Waals surface area contributed by atoms with Gasteiger partial charge in [0.2, 0.25) is 0 Å². The van der Waals surface area contributed by atoms with Gasteiger partial charge in [0.1, 0.15) is 0 Å². The van der Waals surface area contributed by atoms with Gasteiger partial charge in [-0.1, -0.05) is 42.5 Å². The van der Waals surface area contributed by atoms with Crippen LogP contribution in [0.5, 0.6) is 0 Å². The van der Waals surface area contributed by atoms with E-state index in [0.717, 1.165) is 5.56 Å². The van der Waals surface area contributed by atoms with Crippen molar-refractivity contribution in [1.29, 1.82) is 0 Å². The molecule has 0 aliphatic heterocycles. The van der Waals surface area contributed by atoms with Crippen LogP contribution in [0.4, 0.5) is 5.69 Å². The Morgan fingerprint density at radius 3 is 2.04 bits per heavy atom. The van der Waals surface area contributed by atoms with E-state index in [1.54, 1.807) is 31.2 Å². The van der Waals surface area contributed by atoms with Crippen molar-refractivity contribution in [1.82, 2.24) is 10.6 Å². The zero-order chi connectivity index (χ0) is 19.1. The van der Waals surface area contributed by atoms with E-state index in [-0.39, 0.29) is 23.7 Å². The van der Waals surface area contributed by atoms with Crippen molar-refractivity contribution in [3.8, 4) is 0 Å². The summed E-state index contributed by atoms with van der Waals surface area (Å²) >= 11 is 0. The van der Waals surface area contributed by atoms with E-state index < -0.39 is 11.8 Å². The first-order valence-corrected chi connectivity index (χ1v) is 8.45. The van der Waals surface area contributed by atoms with Gasteiger partial charge in [0.25, 0.3) is 5.91 Å². The van der Waals surface area contributed by atoms with Crippen LogP contribution in [0.25, 0.3) is 0 Å². The van der Waals surface area contributed by atoms with Crippen LogP contribution < -0.4 is 16.0 Å². The molecule has 2 rings (SSSR count). The molecular weight excluding hydrogens is 330 g/mol. The number of anilines is 1. The minimum Gasteiger partial charge on any atom is -0.350 e. The Labute approximate surface area is 153 Å². The largest absolute Gasteiger partial charge is 0.350 e. The second kappa shape index (κ2) is 8.80. The summed E-state index contributed by atoms with van der Waals surface area (Å²) in [6.07, 6.45) is 0. The number of para-hydroxylation sites is 1. The summed E-state index contributed by atoms with van der Waals surface area (Å²) in [5, 5.41) is 7.92. The van der Waals surface area contributed by atoms with Crippen molar-refractivity contribution < 1.29 is 14.4 Å². The van der Waals surface area contributed by atoms with Gasteiger partial charge in [-0.3, -0.25) is 14.4 Å². The SMILES string of the molecule is CC(C)NC(=O)c1ccccc1NC(=O)C(=O)N[C@H](C)c1ccccc1. The third kappa shape index (κ3) is 5.17. The molecule has 0 radical (unpaired) electrons. The van der Waals surface area contributed by atoms with Gasteiger partial charge >= 0.3 is 11.8 Å². The summed E-state index contributed by atoms with van der Waals surface area (Å²) in [4.78, 5) is 36.6. The fourth-order valence-electron chi connectivity index (χ4n) is 2.40. The van der Waals surface area contributed by atoms with Crippen molar-refractivity contribution in [3.63, 3.8) is 0 Å². The van der Waals surface area contributed by atoms with Gasteiger partial charge < -0.3 is 16.0 Å². The van der Waals surface area contributed by atoms with E-state index in [1.807, 2.05) is 44.2 Å². The first-order chi connectivity index (χ1) is 12.4. The number of hydrogen-bond donors (Lipinski definition) is 3. The molecular formula is C20H23N3O3. The van der Waals surface area contributed by atoms with Gasteiger partial charge in [-0.2, -0.15) is 0 Å². The van der Waals surface area contributed by atoms with Crippen LogP contribution in [0.15, 0.2) is 54.6 Å². The normalized spacial score (nSPS) is 11.5. The molecule has 0 spiro atoms. The van der Waals surface area contributed by atoms with Crippen LogP contribution in [-0.2, 0) is 9.59 Å². The molecule has 1 atom stereocenters. The van der Waals surface area contributed by atoms with Crippen molar-refractivity contribution in [2.24, 2.45) is 0 Å². The lowest BCUT2D eigenvalue weighted by Gasteiger charge is -2.15. The second-order valence-electron chi connectivity index (χ2n) is 6.23. The molecule has 3 N–H and O–H groups in total. The van der Waals surface area contributed by atoms with Gasteiger partial charge in [0.05, 0.1) is 17.3 Å². The van der Waals surface area contributed by atoms with E-state index in [1.165, 1.54) is 0 Å². The number of nitrogens with one attached hydrogen (secondary N) is 3.